The maximum absolute atomic E-state index is 12.1. The molecule has 1 aromatic rings. The van der Waals surface area contributed by atoms with Crippen LogP contribution in [0.25, 0.3) is 0 Å². The minimum Gasteiger partial charge on any atom is -0.481 e. The zero-order valence-corrected chi connectivity index (χ0v) is 11.0. The van der Waals surface area contributed by atoms with Crippen molar-refractivity contribution in [1.82, 2.24) is 4.90 Å². The Balaban J connectivity index is 2.67. The van der Waals surface area contributed by atoms with Gasteiger partial charge in [0.15, 0.2) is 0 Å². The molecule has 1 rings (SSSR count). The zero-order valence-electron chi connectivity index (χ0n) is 11.0. The Morgan fingerprint density at radius 1 is 1.22 bits per heavy atom. The minimum absolute atomic E-state index is 0.0608. The predicted molar refractivity (Wildman–Crippen MR) is 69.3 cm³/mol. The van der Waals surface area contributed by atoms with E-state index in [-0.39, 0.29) is 18.4 Å². The van der Waals surface area contributed by atoms with Crippen LogP contribution in [0.15, 0.2) is 30.3 Å². The first kappa shape index (κ1) is 14.2. The van der Waals surface area contributed by atoms with Gasteiger partial charge in [-0.1, -0.05) is 37.3 Å². The van der Waals surface area contributed by atoms with Gasteiger partial charge in [-0.3, -0.25) is 9.59 Å². The van der Waals surface area contributed by atoms with Gasteiger partial charge in [-0.15, -0.1) is 0 Å². The topological polar surface area (TPSA) is 57.6 Å². The van der Waals surface area contributed by atoms with Gasteiger partial charge in [-0.25, -0.2) is 0 Å². The molecule has 18 heavy (non-hydrogen) atoms. The van der Waals surface area contributed by atoms with Gasteiger partial charge in [-0.05, 0) is 12.5 Å². The Bertz CT molecular complexity index is 416. The number of carbonyl (C=O) groups is 2. The van der Waals surface area contributed by atoms with Crippen molar-refractivity contribution in [3.63, 3.8) is 0 Å². The summed E-state index contributed by atoms with van der Waals surface area (Å²) in [5.41, 5.74) is 0.942. The van der Waals surface area contributed by atoms with E-state index in [0.29, 0.717) is 0 Å². The van der Waals surface area contributed by atoms with Crippen molar-refractivity contribution in [3.8, 4) is 0 Å². The molecule has 0 aliphatic rings. The molecule has 1 N–H and O–H groups in total. The highest BCUT2D eigenvalue weighted by Crippen LogP contribution is 2.17. The van der Waals surface area contributed by atoms with E-state index < -0.39 is 11.9 Å². The molecular formula is C14H19NO3. The summed E-state index contributed by atoms with van der Waals surface area (Å²) in [6, 6.07) is 9.48. The Kier molecular flexibility index (Phi) is 4.89. The van der Waals surface area contributed by atoms with Crippen LogP contribution in [0.5, 0.6) is 0 Å². The lowest BCUT2D eigenvalue weighted by molar-refractivity contribution is -0.142. The molecule has 4 nitrogen and oxygen atoms in total. The van der Waals surface area contributed by atoms with E-state index in [1.165, 1.54) is 4.90 Å². The maximum atomic E-state index is 12.1. The fraction of sp³-hybridized carbons (Fsp3) is 0.429. The summed E-state index contributed by atoms with van der Waals surface area (Å²) in [6.45, 7) is 3.66. The predicted octanol–water partition coefficient (Wildman–Crippen LogP) is 1.97. The van der Waals surface area contributed by atoms with Crippen molar-refractivity contribution in [1.29, 1.82) is 0 Å². The van der Waals surface area contributed by atoms with Crippen LogP contribution in [0.2, 0.25) is 0 Å². The molecule has 0 bridgehead atoms. The molecule has 0 spiro atoms. The fourth-order valence-electron chi connectivity index (χ4n) is 1.79. The van der Waals surface area contributed by atoms with Gasteiger partial charge in [0.05, 0.1) is 11.8 Å². The second-order valence-electron chi connectivity index (χ2n) is 4.59. The van der Waals surface area contributed by atoms with Crippen LogP contribution >= 0.6 is 0 Å². The quantitative estimate of drug-likeness (QED) is 0.868. The maximum Gasteiger partial charge on any atom is 0.308 e. The first-order valence-electron chi connectivity index (χ1n) is 5.96. The number of hydrogen-bond donors (Lipinski definition) is 1. The van der Waals surface area contributed by atoms with Crippen molar-refractivity contribution in [2.24, 2.45) is 5.92 Å². The van der Waals surface area contributed by atoms with Crippen LogP contribution in [-0.2, 0) is 9.59 Å². The number of carboxylic acids is 1. The molecule has 0 aliphatic carbocycles. The summed E-state index contributed by atoms with van der Waals surface area (Å²) in [5, 5.41) is 8.83. The number of hydrogen-bond acceptors (Lipinski definition) is 2. The summed E-state index contributed by atoms with van der Waals surface area (Å²) >= 11 is 0. The molecular weight excluding hydrogens is 230 g/mol. The Hall–Kier alpha value is -1.84. The SMILES string of the molecule is CC(CN(C)C(=O)[C@H](C)c1ccccc1)C(=O)O. The lowest BCUT2D eigenvalue weighted by Gasteiger charge is -2.23. The fourth-order valence-corrected chi connectivity index (χ4v) is 1.79. The number of amides is 1. The van der Waals surface area contributed by atoms with Gasteiger partial charge in [0.25, 0.3) is 0 Å². The van der Waals surface area contributed by atoms with Crippen molar-refractivity contribution in [2.45, 2.75) is 19.8 Å². The van der Waals surface area contributed by atoms with Crippen LogP contribution < -0.4 is 0 Å². The standard InChI is InChI=1S/C14H19NO3/c1-10(14(17)18)9-15(3)13(16)11(2)12-7-5-4-6-8-12/h4-8,10-11H,9H2,1-3H3,(H,17,18)/t10?,11-/m1/s1. The highest BCUT2D eigenvalue weighted by atomic mass is 16.4. The molecule has 0 aromatic heterocycles. The molecule has 0 fully saturated rings. The largest absolute Gasteiger partial charge is 0.481 e. The molecule has 0 saturated carbocycles. The third-order valence-electron chi connectivity index (χ3n) is 3.02. The molecule has 0 aliphatic heterocycles. The Morgan fingerprint density at radius 3 is 2.28 bits per heavy atom. The van der Waals surface area contributed by atoms with E-state index in [9.17, 15) is 9.59 Å². The number of aliphatic carboxylic acids is 1. The lowest BCUT2D eigenvalue weighted by atomic mass is 9.99. The molecule has 1 amide bonds. The lowest BCUT2D eigenvalue weighted by Crippen LogP contribution is -2.36. The van der Waals surface area contributed by atoms with Gasteiger partial charge in [0, 0.05) is 13.6 Å². The van der Waals surface area contributed by atoms with E-state index >= 15 is 0 Å². The van der Waals surface area contributed by atoms with Crippen LogP contribution in [0.1, 0.15) is 25.3 Å². The van der Waals surface area contributed by atoms with Gasteiger partial charge in [0.1, 0.15) is 0 Å². The number of rotatable bonds is 5. The number of benzene rings is 1. The first-order valence-corrected chi connectivity index (χ1v) is 5.96. The summed E-state index contributed by atoms with van der Waals surface area (Å²) in [7, 11) is 1.64. The van der Waals surface area contributed by atoms with Crippen LogP contribution in [0, 0.1) is 5.92 Å². The van der Waals surface area contributed by atoms with Crippen LogP contribution in [-0.4, -0.2) is 35.5 Å². The molecule has 4 heteroatoms. The second kappa shape index (κ2) is 6.19. The molecule has 98 valence electrons. The molecule has 0 radical (unpaired) electrons. The first-order chi connectivity index (χ1) is 8.43. The number of carbonyl (C=O) groups excluding carboxylic acids is 1. The smallest absolute Gasteiger partial charge is 0.308 e. The van der Waals surface area contributed by atoms with E-state index in [1.54, 1.807) is 14.0 Å². The third kappa shape index (κ3) is 3.58. The molecule has 0 heterocycles. The van der Waals surface area contributed by atoms with Crippen LogP contribution in [0.3, 0.4) is 0 Å². The summed E-state index contributed by atoms with van der Waals surface area (Å²) < 4.78 is 0. The number of carboxylic acid groups (broad SMARTS) is 1. The normalized spacial score (nSPS) is 13.7. The van der Waals surface area contributed by atoms with Gasteiger partial charge < -0.3 is 10.0 Å². The van der Waals surface area contributed by atoms with E-state index in [2.05, 4.69) is 0 Å². The zero-order chi connectivity index (χ0) is 13.7. The van der Waals surface area contributed by atoms with Gasteiger partial charge in [-0.2, -0.15) is 0 Å². The van der Waals surface area contributed by atoms with Gasteiger partial charge in [0.2, 0.25) is 5.91 Å². The number of nitrogens with zero attached hydrogens (tertiary/aromatic N) is 1. The average Bonchev–Trinajstić information content (AvgIpc) is 2.37. The monoisotopic (exact) mass is 249 g/mol. The van der Waals surface area contributed by atoms with Crippen molar-refractivity contribution in [2.75, 3.05) is 13.6 Å². The minimum atomic E-state index is -0.887. The second-order valence-corrected chi connectivity index (χ2v) is 4.59. The summed E-state index contributed by atoms with van der Waals surface area (Å²) in [6.07, 6.45) is 0. The summed E-state index contributed by atoms with van der Waals surface area (Å²) in [4.78, 5) is 24.4. The summed E-state index contributed by atoms with van der Waals surface area (Å²) in [5.74, 6) is -1.75. The molecule has 0 saturated heterocycles. The van der Waals surface area contributed by atoms with E-state index in [4.69, 9.17) is 5.11 Å². The van der Waals surface area contributed by atoms with Crippen molar-refractivity contribution in [3.05, 3.63) is 35.9 Å². The van der Waals surface area contributed by atoms with E-state index in [1.807, 2.05) is 37.3 Å². The van der Waals surface area contributed by atoms with E-state index in [0.717, 1.165) is 5.56 Å². The molecule has 2 atom stereocenters. The Labute approximate surface area is 107 Å². The highest BCUT2D eigenvalue weighted by molar-refractivity contribution is 5.83. The van der Waals surface area contributed by atoms with Crippen LogP contribution in [0.4, 0.5) is 0 Å². The average molecular weight is 249 g/mol. The number of likely N-dealkylation sites (N-methyl/N-ethyl adjacent to an activating group) is 1. The van der Waals surface area contributed by atoms with Crippen molar-refractivity contribution >= 4 is 11.9 Å². The van der Waals surface area contributed by atoms with Gasteiger partial charge >= 0.3 is 5.97 Å². The molecule has 1 aromatic carbocycles. The molecule has 1 unspecified atom stereocenters. The Morgan fingerprint density at radius 2 is 1.78 bits per heavy atom. The highest BCUT2D eigenvalue weighted by Gasteiger charge is 2.22. The van der Waals surface area contributed by atoms with Crippen molar-refractivity contribution < 1.29 is 14.7 Å². The third-order valence-corrected chi connectivity index (χ3v) is 3.02.